The lowest BCUT2D eigenvalue weighted by molar-refractivity contribution is 0.133. The summed E-state index contributed by atoms with van der Waals surface area (Å²) in [7, 11) is 3.69. The predicted molar refractivity (Wildman–Crippen MR) is 68.9 cm³/mol. The first-order chi connectivity index (χ1) is 8.23. The molecule has 1 aromatic rings. The van der Waals surface area contributed by atoms with Crippen LogP contribution in [-0.2, 0) is 0 Å². The van der Waals surface area contributed by atoms with E-state index >= 15 is 0 Å². The summed E-state index contributed by atoms with van der Waals surface area (Å²) in [6, 6.07) is 2.04. The van der Waals surface area contributed by atoms with E-state index in [2.05, 4.69) is 5.43 Å². The molecule has 0 aliphatic carbocycles. The maximum Gasteiger partial charge on any atom is 0.133 e. The maximum absolute atomic E-state index is 14.1. The summed E-state index contributed by atoms with van der Waals surface area (Å²) in [5.41, 5.74) is 2.38. The predicted octanol–water partition coefficient (Wildman–Crippen LogP) is 2.12. The first kappa shape index (κ1) is 15.0. The molecule has 0 heterocycles. The Labute approximate surface area is 107 Å². The second-order valence-corrected chi connectivity index (χ2v) is 5.24. The van der Waals surface area contributed by atoms with Crippen molar-refractivity contribution in [3.63, 3.8) is 0 Å². The van der Waals surface area contributed by atoms with Gasteiger partial charge in [-0.25, -0.2) is 8.78 Å². The van der Waals surface area contributed by atoms with E-state index in [1.807, 2.05) is 32.8 Å². The van der Waals surface area contributed by atoms with Gasteiger partial charge in [0.25, 0.3) is 0 Å². The van der Waals surface area contributed by atoms with E-state index in [-0.39, 0.29) is 5.56 Å². The van der Waals surface area contributed by atoms with Gasteiger partial charge >= 0.3 is 0 Å². The van der Waals surface area contributed by atoms with Crippen LogP contribution < -0.4 is 11.3 Å². The molecule has 102 valence electrons. The van der Waals surface area contributed by atoms with Crippen molar-refractivity contribution in [2.75, 3.05) is 14.1 Å². The van der Waals surface area contributed by atoms with Gasteiger partial charge in [-0.3, -0.25) is 11.3 Å². The normalized spacial score (nSPS) is 14.1. The number of nitrogens with zero attached hydrogens (tertiary/aromatic N) is 1. The van der Waals surface area contributed by atoms with Crippen LogP contribution >= 0.6 is 0 Å². The molecule has 5 heteroatoms. The van der Waals surface area contributed by atoms with Crippen LogP contribution in [0.5, 0.6) is 0 Å². The molecule has 0 aromatic heterocycles. The molecular formula is C13H21F2N3. The molecule has 1 rings (SSSR count). The van der Waals surface area contributed by atoms with Crippen molar-refractivity contribution in [1.82, 2.24) is 10.3 Å². The summed E-state index contributed by atoms with van der Waals surface area (Å²) in [5.74, 6) is 4.37. The van der Waals surface area contributed by atoms with E-state index in [0.717, 1.165) is 0 Å². The molecule has 0 saturated carbocycles. The van der Waals surface area contributed by atoms with Gasteiger partial charge in [-0.1, -0.05) is 6.07 Å². The number of nitrogens with two attached hydrogens (primary N) is 1. The first-order valence-corrected chi connectivity index (χ1v) is 5.81. The summed E-state index contributed by atoms with van der Waals surface area (Å²) in [5, 5.41) is 0. The fourth-order valence-electron chi connectivity index (χ4n) is 1.84. The van der Waals surface area contributed by atoms with Crippen LogP contribution in [0, 0.1) is 18.6 Å². The van der Waals surface area contributed by atoms with E-state index in [0.29, 0.717) is 5.56 Å². The van der Waals surface area contributed by atoms with Crippen LogP contribution in [0.1, 0.15) is 31.0 Å². The van der Waals surface area contributed by atoms with Gasteiger partial charge in [0.2, 0.25) is 0 Å². The van der Waals surface area contributed by atoms with Crippen LogP contribution in [-0.4, -0.2) is 24.5 Å². The minimum absolute atomic E-state index is 0.0174. The molecule has 0 saturated heterocycles. The number of halogens is 2. The molecule has 3 N–H and O–H groups in total. The number of hydrazine groups is 1. The summed E-state index contributed by atoms with van der Waals surface area (Å²) in [6.45, 7) is 5.35. The van der Waals surface area contributed by atoms with Crippen LogP contribution in [0.2, 0.25) is 0 Å². The van der Waals surface area contributed by atoms with Crippen molar-refractivity contribution < 1.29 is 8.78 Å². The molecule has 0 fully saturated rings. The van der Waals surface area contributed by atoms with E-state index in [4.69, 9.17) is 5.84 Å². The minimum atomic E-state index is -0.646. The van der Waals surface area contributed by atoms with Gasteiger partial charge in [-0.05, 0) is 46.5 Å². The Kier molecular flexibility index (Phi) is 4.42. The van der Waals surface area contributed by atoms with Crippen molar-refractivity contribution >= 4 is 0 Å². The molecule has 3 nitrogen and oxygen atoms in total. The number of hydrogen-bond acceptors (Lipinski definition) is 3. The Morgan fingerprint density at radius 2 is 1.83 bits per heavy atom. The highest BCUT2D eigenvalue weighted by Gasteiger charge is 2.36. The van der Waals surface area contributed by atoms with Crippen molar-refractivity contribution in [1.29, 1.82) is 0 Å². The highest BCUT2D eigenvalue weighted by molar-refractivity contribution is 5.31. The van der Waals surface area contributed by atoms with Gasteiger partial charge in [-0.15, -0.1) is 0 Å². The second kappa shape index (κ2) is 5.30. The van der Waals surface area contributed by atoms with Crippen LogP contribution in [0.15, 0.2) is 12.1 Å². The Bertz CT molecular complexity index is 430. The zero-order valence-electron chi connectivity index (χ0n) is 11.5. The molecular weight excluding hydrogens is 236 g/mol. The number of likely N-dealkylation sites (N-methyl/N-ethyl adjacent to an activating group) is 1. The van der Waals surface area contributed by atoms with Gasteiger partial charge in [0.05, 0.1) is 6.04 Å². The van der Waals surface area contributed by atoms with Crippen molar-refractivity contribution in [3.8, 4) is 0 Å². The molecule has 1 unspecified atom stereocenters. The van der Waals surface area contributed by atoms with E-state index in [1.165, 1.54) is 12.1 Å². The Morgan fingerprint density at radius 3 is 2.28 bits per heavy atom. The topological polar surface area (TPSA) is 41.3 Å². The van der Waals surface area contributed by atoms with Gasteiger partial charge < -0.3 is 4.90 Å². The lowest BCUT2D eigenvalue weighted by Gasteiger charge is -2.40. The molecule has 0 amide bonds. The standard InChI is InChI=1S/C13H21F2N3/c1-8-6-7-9(14)10(11(8)15)12(17-16)13(2,3)18(4)5/h6-7,12,17H,16H2,1-5H3. The van der Waals surface area contributed by atoms with Crippen molar-refractivity contribution in [2.45, 2.75) is 32.4 Å². The van der Waals surface area contributed by atoms with Gasteiger partial charge in [0.15, 0.2) is 0 Å². The third kappa shape index (κ3) is 2.53. The number of rotatable bonds is 4. The lowest BCUT2D eigenvalue weighted by atomic mass is 9.86. The number of hydrogen-bond donors (Lipinski definition) is 2. The van der Waals surface area contributed by atoms with Crippen LogP contribution in [0.25, 0.3) is 0 Å². The lowest BCUT2D eigenvalue weighted by Crippen LogP contribution is -2.51. The molecule has 0 radical (unpaired) electrons. The zero-order chi connectivity index (χ0) is 14.1. The molecule has 0 bridgehead atoms. The molecule has 1 atom stereocenters. The largest absolute Gasteiger partial charge is 0.302 e. The Hall–Kier alpha value is -1.04. The highest BCUT2D eigenvalue weighted by atomic mass is 19.1. The van der Waals surface area contributed by atoms with Crippen molar-refractivity contribution in [2.24, 2.45) is 5.84 Å². The quantitative estimate of drug-likeness (QED) is 0.641. The number of aryl methyl sites for hydroxylation is 1. The fourth-order valence-corrected chi connectivity index (χ4v) is 1.84. The smallest absolute Gasteiger partial charge is 0.133 e. The Balaban J connectivity index is 3.38. The van der Waals surface area contributed by atoms with E-state index < -0.39 is 23.2 Å². The fraction of sp³-hybridized carbons (Fsp3) is 0.538. The van der Waals surface area contributed by atoms with Crippen molar-refractivity contribution in [3.05, 3.63) is 34.9 Å². The summed E-state index contributed by atoms with van der Waals surface area (Å²) in [6.07, 6.45) is 0. The first-order valence-electron chi connectivity index (χ1n) is 5.81. The number of benzene rings is 1. The monoisotopic (exact) mass is 257 g/mol. The minimum Gasteiger partial charge on any atom is -0.302 e. The molecule has 18 heavy (non-hydrogen) atoms. The average molecular weight is 257 g/mol. The SMILES string of the molecule is Cc1ccc(F)c(C(NN)C(C)(C)N(C)C)c1F. The van der Waals surface area contributed by atoms with Crippen LogP contribution in [0.3, 0.4) is 0 Å². The summed E-state index contributed by atoms with van der Waals surface area (Å²) < 4.78 is 28.0. The zero-order valence-corrected chi connectivity index (χ0v) is 11.5. The molecule has 0 aliphatic heterocycles. The van der Waals surface area contributed by atoms with Crippen LogP contribution in [0.4, 0.5) is 8.78 Å². The summed E-state index contributed by atoms with van der Waals surface area (Å²) in [4.78, 5) is 1.87. The maximum atomic E-state index is 14.1. The van der Waals surface area contributed by atoms with Gasteiger partial charge in [0, 0.05) is 11.1 Å². The van der Waals surface area contributed by atoms with Gasteiger partial charge in [-0.2, -0.15) is 0 Å². The van der Waals surface area contributed by atoms with E-state index in [9.17, 15) is 8.78 Å². The van der Waals surface area contributed by atoms with E-state index in [1.54, 1.807) is 6.92 Å². The Morgan fingerprint density at radius 1 is 1.28 bits per heavy atom. The molecule has 0 aliphatic rings. The third-order valence-electron chi connectivity index (χ3n) is 3.63. The highest BCUT2D eigenvalue weighted by Crippen LogP contribution is 2.33. The number of nitrogens with one attached hydrogen (secondary N) is 1. The third-order valence-corrected chi connectivity index (χ3v) is 3.63. The molecule has 0 spiro atoms. The second-order valence-electron chi connectivity index (χ2n) is 5.24. The van der Waals surface area contributed by atoms with Gasteiger partial charge in [0.1, 0.15) is 11.6 Å². The molecule has 1 aromatic carbocycles. The average Bonchev–Trinajstić information content (AvgIpc) is 2.29. The summed E-state index contributed by atoms with van der Waals surface area (Å²) >= 11 is 0.